The number of rotatable bonds is 8. The third-order valence-corrected chi connectivity index (χ3v) is 1.69. The molecule has 1 amide bonds. The molecular formula is C10H17N3O3. The first-order valence-corrected chi connectivity index (χ1v) is 5.20. The number of ether oxygens (including phenoxy) is 1. The van der Waals surface area contributed by atoms with E-state index >= 15 is 0 Å². The van der Waals surface area contributed by atoms with Crippen LogP contribution in [0.3, 0.4) is 0 Å². The van der Waals surface area contributed by atoms with Crippen LogP contribution in [0.5, 0.6) is 0 Å². The van der Waals surface area contributed by atoms with Gasteiger partial charge in [0.15, 0.2) is 0 Å². The van der Waals surface area contributed by atoms with E-state index in [2.05, 4.69) is 10.6 Å². The molecule has 2 N–H and O–H groups in total. The van der Waals surface area contributed by atoms with Gasteiger partial charge in [-0.05, 0) is 19.9 Å². The summed E-state index contributed by atoms with van der Waals surface area (Å²) in [6, 6.07) is 1.81. The Morgan fingerprint density at radius 1 is 1.44 bits per heavy atom. The van der Waals surface area contributed by atoms with E-state index in [1.807, 2.05) is 6.07 Å². The fraction of sp³-hybridized carbons (Fsp3) is 0.700. The molecule has 0 heterocycles. The molecule has 0 fully saturated rings. The van der Waals surface area contributed by atoms with Gasteiger partial charge >= 0.3 is 5.97 Å². The summed E-state index contributed by atoms with van der Waals surface area (Å²) in [6.07, 6.45) is 0.977. The van der Waals surface area contributed by atoms with Crippen molar-refractivity contribution in [3.63, 3.8) is 0 Å². The average Bonchev–Trinajstić information content (AvgIpc) is 2.26. The van der Waals surface area contributed by atoms with Gasteiger partial charge < -0.3 is 15.4 Å². The summed E-state index contributed by atoms with van der Waals surface area (Å²) in [6.45, 7) is 2.89. The lowest BCUT2D eigenvalue weighted by Crippen LogP contribution is -2.34. The maximum absolute atomic E-state index is 11.0. The normalized spacial score (nSPS) is 9.25. The van der Waals surface area contributed by atoms with Crippen molar-refractivity contribution in [2.24, 2.45) is 0 Å². The predicted molar refractivity (Wildman–Crippen MR) is 57.4 cm³/mol. The third-order valence-electron chi connectivity index (χ3n) is 1.69. The number of hydrogen-bond donors (Lipinski definition) is 2. The van der Waals surface area contributed by atoms with Crippen molar-refractivity contribution in [2.75, 3.05) is 26.2 Å². The van der Waals surface area contributed by atoms with Gasteiger partial charge in [-0.1, -0.05) is 0 Å². The Bertz CT molecular complexity index is 261. The van der Waals surface area contributed by atoms with Crippen molar-refractivity contribution in [1.82, 2.24) is 10.6 Å². The zero-order chi connectivity index (χ0) is 12.2. The van der Waals surface area contributed by atoms with Crippen molar-refractivity contribution in [3.8, 4) is 6.07 Å². The van der Waals surface area contributed by atoms with E-state index < -0.39 is 0 Å². The molecule has 0 aromatic rings. The van der Waals surface area contributed by atoms with Crippen molar-refractivity contribution in [2.45, 2.75) is 19.8 Å². The molecule has 6 heteroatoms. The van der Waals surface area contributed by atoms with Crippen LogP contribution >= 0.6 is 0 Å². The molecule has 0 spiro atoms. The number of amides is 1. The van der Waals surface area contributed by atoms with E-state index in [9.17, 15) is 9.59 Å². The monoisotopic (exact) mass is 227 g/mol. The Hall–Kier alpha value is -1.61. The van der Waals surface area contributed by atoms with Crippen LogP contribution in [0.1, 0.15) is 19.8 Å². The molecule has 0 saturated carbocycles. The third kappa shape index (κ3) is 8.97. The van der Waals surface area contributed by atoms with Crippen molar-refractivity contribution in [3.05, 3.63) is 0 Å². The number of carbonyl (C=O) groups excluding carboxylic acids is 2. The predicted octanol–water partition coefficient (Wildman–Crippen LogP) is -0.441. The molecule has 16 heavy (non-hydrogen) atoms. The lowest BCUT2D eigenvalue weighted by Gasteiger charge is -2.04. The molecular weight excluding hydrogens is 210 g/mol. The fourth-order valence-corrected chi connectivity index (χ4v) is 0.993. The highest BCUT2D eigenvalue weighted by Gasteiger charge is 2.02. The van der Waals surface area contributed by atoms with E-state index in [0.29, 0.717) is 26.0 Å². The second-order valence-corrected chi connectivity index (χ2v) is 3.02. The van der Waals surface area contributed by atoms with Crippen molar-refractivity contribution >= 4 is 11.9 Å². The number of esters is 1. The molecule has 0 atom stereocenters. The van der Waals surface area contributed by atoms with Gasteiger partial charge in [0.25, 0.3) is 0 Å². The fourth-order valence-electron chi connectivity index (χ4n) is 0.993. The molecule has 0 aliphatic heterocycles. The molecule has 0 bridgehead atoms. The topological polar surface area (TPSA) is 91.2 Å². The molecule has 0 aliphatic carbocycles. The highest BCUT2D eigenvalue weighted by molar-refractivity contribution is 5.78. The molecule has 0 saturated heterocycles. The molecule has 0 aliphatic rings. The Morgan fingerprint density at radius 3 is 2.81 bits per heavy atom. The first-order chi connectivity index (χ1) is 7.70. The summed E-state index contributed by atoms with van der Waals surface area (Å²) < 4.78 is 4.74. The Balaban J connectivity index is 3.30. The maximum atomic E-state index is 11.0. The Kier molecular flexibility index (Phi) is 8.93. The van der Waals surface area contributed by atoms with E-state index in [-0.39, 0.29) is 25.0 Å². The summed E-state index contributed by atoms with van der Waals surface area (Å²) in [5, 5.41) is 13.5. The van der Waals surface area contributed by atoms with Gasteiger partial charge in [-0.25, -0.2) is 0 Å². The van der Waals surface area contributed by atoms with Crippen LogP contribution in [0.4, 0.5) is 0 Å². The van der Waals surface area contributed by atoms with Gasteiger partial charge in [-0.2, -0.15) is 5.26 Å². The van der Waals surface area contributed by atoms with Gasteiger partial charge in [0.2, 0.25) is 5.91 Å². The standard InChI is InChI=1S/C10H17N3O3/c1-2-16-10(15)4-3-6-12-8-9(14)13-7-5-11/h12H,2-4,6-8H2,1H3,(H,13,14). The molecule has 90 valence electrons. The smallest absolute Gasteiger partial charge is 0.305 e. The van der Waals surface area contributed by atoms with Crippen LogP contribution in [0.15, 0.2) is 0 Å². The van der Waals surface area contributed by atoms with Crippen LogP contribution in [-0.2, 0) is 14.3 Å². The number of carbonyl (C=O) groups is 2. The number of nitrogens with one attached hydrogen (secondary N) is 2. The number of nitrogens with zero attached hydrogens (tertiary/aromatic N) is 1. The van der Waals surface area contributed by atoms with E-state index in [1.54, 1.807) is 6.92 Å². The lowest BCUT2D eigenvalue weighted by molar-refractivity contribution is -0.143. The average molecular weight is 227 g/mol. The minimum Gasteiger partial charge on any atom is -0.466 e. The largest absolute Gasteiger partial charge is 0.466 e. The van der Waals surface area contributed by atoms with Gasteiger partial charge in [-0.15, -0.1) is 0 Å². The maximum Gasteiger partial charge on any atom is 0.305 e. The minimum absolute atomic E-state index is 0.0172. The summed E-state index contributed by atoms with van der Waals surface area (Å²) in [4.78, 5) is 21.9. The summed E-state index contributed by atoms with van der Waals surface area (Å²) in [5.74, 6) is -0.448. The lowest BCUT2D eigenvalue weighted by atomic mass is 10.3. The Labute approximate surface area is 95.0 Å². The van der Waals surface area contributed by atoms with Crippen LogP contribution in [0.25, 0.3) is 0 Å². The van der Waals surface area contributed by atoms with Gasteiger partial charge in [0.1, 0.15) is 6.54 Å². The molecule has 6 nitrogen and oxygen atoms in total. The molecule has 0 unspecified atom stereocenters. The quantitative estimate of drug-likeness (QED) is 0.333. The number of hydrogen-bond acceptors (Lipinski definition) is 5. The van der Waals surface area contributed by atoms with Crippen molar-refractivity contribution in [1.29, 1.82) is 5.26 Å². The summed E-state index contributed by atoms with van der Waals surface area (Å²) in [7, 11) is 0. The summed E-state index contributed by atoms with van der Waals surface area (Å²) in [5.41, 5.74) is 0. The highest BCUT2D eigenvalue weighted by atomic mass is 16.5. The van der Waals surface area contributed by atoms with Gasteiger partial charge in [-0.3, -0.25) is 9.59 Å². The zero-order valence-electron chi connectivity index (χ0n) is 9.41. The van der Waals surface area contributed by atoms with Crippen LogP contribution in [0, 0.1) is 11.3 Å². The van der Waals surface area contributed by atoms with E-state index in [0.717, 1.165) is 0 Å². The van der Waals surface area contributed by atoms with Crippen LogP contribution in [0.2, 0.25) is 0 Å². The molecule has 0 aromatic heterocycles. The second kappa shape index (κ2) is 9.93. The first kappa shape index (κ1) is 14.4. The minimum atomic E-state index is -0.224. The zero-order valence-corrected chi connectivity index (χ0v) is 9.41. The molecule has 0 aromatic carbocycles. The first-order valence-electron chi connectivity index (χ1n) is 5.20. The number of nitriles is 1. The molecule has 0 radical (unpaired) electrons. The van der Waals surface area contributed by atoms with Gasteiger partial charge in [0.05, 0.1) is 19.2 Å². The second-order valence-electron chi connectivity index (χ2n) is 3.02. The van der Waals surface area contributed by atoms with Gasteiger partial charge in [0, 0.05) is 6.42 Å². The SMILES string of the molecule is CCOC(=O)CCCNCC(=O)NCC#N. The Morgan fingerprint density at radius 2 is 2.19 bits per heavy atom. The van der Waals surface area contributed by atoms with Crippen molar-refractivity contribution < 1.29 is 14.3 Å². The van der Waals surface area contributed by atoms with E-state index in [4.69, 9.17) is 10.00 Å². The van der Waals surface area contributed by atoms with E-state index in [1.165, 1.54) is 0 Å². The molecule has 0 rings (SSSR count). The van der Waals surface area contributed by atoms with Crippen LogP contribution < -0.4 is 10.6 Å². The highest BCUT2D eigenvalue weighted by Crippen LogP contribution is 1.90. The summed E-state index contributed by atoms with van der Waals surface area (Å²) >= 11 is 0. The van der Waals surface area contributed by atoms with Crippen LogP contribution in [-0.4, -0.2) is 38.1 Å².